The van der Waals surface area contributed by atoms with Crippen LogP contribution >= 0.6 is 0 Å². The molecule has 2 atom stereocenters. The molecule has 106 valence electrons. The minimum absolute atomic E-state index is 0.372. The van der Waals surface area contributed by atoms with Crippen molar-refractivity contribution in [2.75, 3.05) is 0 Å². The summed E-state index contributed by atoms with van der Waals surface area (Å²) in [6.07, 6.45) is 0.662. The van der Waals surface area contributed by atoms with Gasteiger partial charge in [-0.2, -0.15) is 17.6 Å². The molecule has 2 rings (SSSR count). The minimum Gasteiger partial charge on any atom is -0.371 e. The molecular formula is C12H17F5O. The molecule has 0 spiro atoms. The fourth-order valence-corrected chi connectivity index (χ4v) is 2.72. The third-order valence-corrected chi connectivity index (χ3v) is 4.03. The molecule has 0 heterocycles. The normalized spacial score (nSPS) is 40.0. The topological polar surface area (TPSA) is 9.23 Å². The van der Waals surface area contributed by atoms with Crippen LogP contribution in [0.1, 0.15) is 45.4 Å². The lowest BCUT2D eigenvalue weighted by Gasteiger charge is -2.32. The Kier molecular flexibility index (Phi) is 3.37. The summed E-state index contributed by atoms with van der Waals surface area (Å²) in [7, 11) is 0. The standard InChI is InChI=1S/C12H17F5O/c1-10(13)9(7-11(14,15)12(10,16)17)18-8-5-3-2-4-6-8/h8-9H,2-7H2,1H3. The Hall–Kier alpha value is -0.390. The molecule has 0 bridgehead atoms. The third kappa shape index (κ3) is 2.02. The van der Waals surface area contributed by atoms with Crippen molar-refractivity contribution in [2.45, 2.75) is 75.2 Å². The number of ether oxygens (including phenoxy) is 1. The van der Waals surface area contributed by atoms with Crippen molar-refractivity contribution in [2.24, 2.45) is 0 Å². The summed E-state index contributed by atoms with van der Waals surface area (Å²) in [4.78, 5) is 0. The van der Waals surface area contributed by atoms with Gasteiger partial charge in [0, 0.05) is 6.42 Å². The summed E-state index contributed by atoms with van der Waals surface area (Å²) in [5, 5.41) is 0. The molecule has 0 aromatic rings. The molecule has 0 aliphatic heterocycles. The first kappa shape index (κ1) is 14.0. The van der Waals surface area contributed by atoms with E-state index in [1.807, 2.05) is 0 Å². The van der Waals surface area contributed by atoms with E-state index < -0.39 is 30.0 Å². The lowest BCUT2D eigenvalue weighted by Crippen LogP contribution is -2.51. The summed E-state index contributed by atoms with van der Waals surface area (Å²) in [6, 6.07) is 0. The van der Waals surface area contributed by atoms with Crippen molar-refractivity contribution in [1.29, 1.82) is 0 Å². The van der Waals surface area contributed by atoms with Crippen LogP contribution in [0.4, 0.5) is 22.0 Å². The molecule has 0 radical (unpaired) electrons. The molecule has 0 amide bonds. The van der Waals surface area contributed by atoms with Crippen LogP contribution in [0.25, 0.3) is 0 Å². The quantitative estimate of drug-likeness (QED) is 0.687. The van der Waals surface area contributed by atoms with Gasteiger partial charge in [0.05, 0.1) is 6.10 Å². The van der Waals surface area contributed by atoms with Crippen LogP contribution < -0.4 is 0 Å². The van der Waals surface area contributed by atoms with E-state index >= 15 is 0 Å². The third-order valence-electron chi connectivity index (χ3n) is 4.03. The highest BCUT2D eigenvalue weighted by molar-refractivity contribution is 5.12. The summed E-state index contributed by atoms with van der Waals surface area (Å²) >= 11 is 0. The molecule has 18 heavy (non-hydrogen) atoms. The molecular weight excluding hydrogens is 255 g/mol. The van der Waals surface area contributed by atoms with Gasteiger partial charge in [0.2, 0.25) is 5.67 Å². The SMILES string of the molecule is CC1(F)C(OC2CCCCC2)CC(F)(F)C1(F)F. The maximum Gasteiger partial charge on any atom is 0.345 e. The molecule has 2 fully saturated rings. The van der Waals surface area contributed by atoms with E-state index in [2.05, 4.69) is 0 Å². The van der Waals surface area contributed by atoms with Crippen molar-refractivity contribution in [3.05, 3.63) is 0 Å². The largest absolute Gasteiger partial charge is 0.371 e. The number of hydrogen-bond donors (Lipinski definition) is 0. The minimum atomic E-state index is -4.67. The Morgan fingerprint density at radius 3 is 1.94 bits per heavy atom. The zero-order valence-electron chi connectivity index (χ0n) is 10.2. The average molecular weight is 272 g/mol. The van der Waals surface area contributed by atoms with E-state index in [0.29, 0.717) is 19.8 Å². The zero-order chi connectivity index (χ0) is 13.6. The van der Waals surface area contributed by atoms with Gasteiger partial charge in [-0.15, -0.1) is 0 Å². The van der Waals surface area contributed by atoms with Gasteiger partial charge in [0.25, 0.3) is 0 Å². The summed E-state index contributed by atoms with van der Waals surface area (Å²) in [5.74, 6) is -9.00. The van der Waals surface area contributed by atoms with Gasteiger partial charge in [-0.05, 0) is 19.8 Å². The van der Waals surface area contributed by atoms with Gasteiger partial charge >= 0.3 is 11.8 Å². The molecule has 6 heteroatoms. The van der Waals surface area contributed by atoms with Crippen LogP contribution in [0.3, 0.4) is 0 Å². The first-order valence-corrected chi connectivity index (χ1v) is 6.28. The van der Waals surface area contributed by atoms with Crippen LogP contribution in [0.15, 0.2) is 0 Å². The maximum absolute atomic E-state index is 13.9. The number of hydrogen-bond acceptors (Lipinski definition) is 1. The first-order valence-electron chi connectivity index (χ1n) is 6.28. The Morgan fingerprint density at radius 1 is 0.944 bits per heavy atom. The van der Waals surface area contributed by atoms with Crippen LogP contribution in [0, 0.1) is 0 Å². The second kappa shape index (κ2) is 4.32. The molecule has 0 saturated heterocycles. The zero-order valence-corrected chi connectivity index (χ0v) is 10.2. The molecule has 0 N–H and O–H groups in total. The highest BCUT2D eigenvalue weighted by Gasteiger charge is 2.77. The van der Waals surface area contributed by atoms with Crippen LogP contribution in [-0.2, 0) is 4.74 Å². The molecule has 2 unspecified atom stereocenters. The predicted octanol–water partition coefficient (Wildman–Crippen LogP) is 4.11. The van der Waals surface area contributed by atoms with Gasteiger partial charge in [-0.25, -0.2) is 4.39 Å². The van der Waals surface area contributed by atoms with Gasteiger partial charge in [0.15, 0.2) is 0 Å². The van der Waals surface area contributed by atoms with E-state index in [1.54, 1.807) is 0 Å². The van der Waals surface area contributed by atoms with Crippen LogP contribution in [0.5, 0.6) is 0 Å². The van der Waals surface area contributed by atoms with Crippen LogP contribution in [0.2, 0.25) is 0 Å². The molecule has 2 aliphatic carbocycles. The Morgan fingerprint density at radius 2 is 1.50 bits per heavy atom. The van der Waals surface area contributed by atoms with Gasteiger partial charge in [0.1, 0.15) is 6.10 Å². The fourth-order valence-electron chi connectivity index (χ4n) is 2.72. The van der Waals surface area contributed by atoms with Gasteiger partial charge in [-0.1, -0.05) is 19.3 Å². The van der Waals surface area contributed by atoms with E-state index in [-0.39, 0.29) is 6.10 Å². The summed E-state index contributed by atoms with van der Waals surface area (Å²) in [6.45, 7) is 0.515. The first-order chi connectivity index (χ1) is 8.18. The Bertz CT molecular complexity index is 310. The highest BCUT2D eigenvalue weighted by atomic mass is 19.3. The lowest BCUT2D eigenvalue weighted by molar-refractivity contribution is -0.238. The van der Waals surface area contributed by atoms with Crippen LogP contribution in [-0.4, -0.2) is 29.7 Å². The van der Waals surface area contributed by atoms with Crippen molar-refractivity contribution in [3.63, 3.8) is 0 Å². The van der Waals surface area contributed by atoms with Crippen molar-refractivity contribution in [1.82, 2.24) is 0 Å². The number of alkyl halides is 5. The lowest BCUT2D eigenvalue weighted by atomic mass is 9.96. The fraction of sp³-hybridized carbons (Fsp3) is 1.00. The molecule has 0 aromatic carbocycles. The Balaban J connectivity index is 2.10. The molecule has 2 aliphatic rings. The maximum atomic E-state index is 13.9. The number of halogens is 5. The second-order valence-electron chi connectivity index (χ2n) is 5.44. The average Bonchev–Trinajstić information content (AvgIpc) is 2.39. The van der Waals surface area contributed by atoms with E-state index in [1.165, 1.54) is 0 Å². The van der Waals surface area contributed by atoms with Crippen molar-refractivity contribution in [3.8, 4) is 0 Å². The monoisotopic (exact) mass is 272 g/mol. The van der Waals surface area contributed by atoms with Crippen molar-refractivity contribution < 1.29 is 26.7 Å². The summed E-state index contributed by atoms with van der Waals surface area (Å²) in [5.41, 5.74) is -3.31. The smallest absolute Gasteiger partial charge is 0.345 e. The molecule has 0 aromatic heterocycles. The predicted molar refractivity (Wildman–Crippen MR) is 55.8 cm³/mol. The van der Waals surface area contributed by atoms with E-state index in [9.17, 15) is 22.0 Å². The molecule has 2 saturated carbocycles. The Labute approximate surface area is 103 Å². The molecule has 1 nitrogen and oxygen atoms in total. The highest BCUT2D eigenvalue weighted by Crippen LogP contribution is 2.56. The van der Waals surface area contributed by atoms with Crippen molar-refractivity contribution >= 4 is 0 Å². The van der Waals surface area contributed by atoms with E-state index in [4.69, 9.17) is 4.74 Å². The number of rotatable bonds is 2. The summed E-state index contributed by atoms with van der Waals surface area (Å²) < 4.78 is 72.1. The van der Waals surface area contributed by atoms with Gasteiger partial charge in [-0.3, -0.25) is 0 Å². The van der Waals surface area contributed by atoms with Gasteiger partial charge < -0.3 is 4.74 Å². The second-order valence-corrected chi connectivity index (χ2v) is 5.44. The van der Waals surface area contributed by atoms with E-state index in [0.717, 1.165) is 19.3 Å².